The lowest BCUT2D eigenvalue weighted by atomic mass is 10.2. The molecule has 0 saturated carbocycles. The molecule has 1 unspecified atom stereocenters. The van der Waals surface area contributed by atoms with Crippen molar-refractivity contribution in [3.8, 4) is 0 Å². The van der Waals surface area contributed by atoms with E-state index in [1.54, 1.807) is 6.26 Å². The third-order valence-corrected chi connectivity index (χ3v) is 2.15. The van der Waals surface area contributed by atoms with E-state index in [1.165, 1.54) is 0 Å². The zero-order valence-corrected chi connectivity index (χ0v) is 6.15. The molecule has 0 N–H and O–H groups in total. The van der Waals surface area contributed by atoms with Crippen LogP contribution in [0.3, 0.4) is 0 Å². The molecule has 1 aliphatic rings. The molecule has 1 atom stereocenters. The summed E-state index contributed by atoms with van der Waals surface area (Å²) >= 11 is -0.798. The Kier molecular flexibility index (Phi) is 2.37. The van der Waals surface area contributed by atoms with Gasteiger partial charge < -0.3 is 4.55 Å². The fraction of sp³-hybridized carbons (Fsp3) is 0.286. The maximum Gasteiger partial charge on any atom is 0.133 e. The predicted octanol–water partition coefficient (Wildman–Crippen LogP) is 1.41. The molecule has 0 aromatic carbocycles. The summed E-state index contributed by atoms with van der Waals surface area (Å²) in [6, 6.07) is 0. The number of rotatable bonds is 1. The zero-order chi connectivity index (χ0) is 6.69. The first-order chi connectivity index (χ1) is 4.30. The third-order valence-electron chi connectivity index (χ3n) is 1.18. The van der Waals surface area contributed by atoms with E-state index >= 15 is 0 Å². The van der Waals surface area contributed by atoms with Crippen molar-refractivity contribution in [2.45, 2.75) is 6.42 Å². The Balaban J connectivity index is 2.57. The Bertz CT molecular complexity index is 147. The summed E-state index contributed by atoms with van der Waals surface area (Å²) in [7, 11) is 0. The normalized spacial score (nSPS) is 21.3. The minimum absolute atomic E-state index is 0.798. The van der Waals surface area contributed by atoms with Crippen molar-refractivity contribution in [1.82, 2.24) is 0 Å². The van der Waals surface area contributed by atoms with Gasteiger partial charge in [-0.1, -0.05) is 12.2 Å². The molecule has 0 heterocycles. The summed E-state index contributed by atoms with van der Waals surface area (Å²) in [5.74, 6) is 0. The Morgan fingerprint density at radius 2 is 2.44 bits per heavy atom. The molecule has 2 heteroatoms. The predicted molar refractivity (Wildman–Crippen MR) is 40.2 cm³/mol. The van der Waals surface area contributed by atoms with Crippen molar-refractivity contribution in [2.75, 3.05) is 6.26 Å². The van der Waals surface area contributed by atoms with Gasteiger partial charge in [0, 0.05) is 6.42 Å². The van der Waals surface area contributed by atoms with Crippen molar-refractivity contribution in [2.24, 2.45) is 0 Å². The Labute approximate surface area is 58.6 Å². The Morgan fingerprint density at radius 3 is 2.78 bits per heavy atom. The summed E-state index contributed by atoms with van der Waals surface area (Å²) in [5.41, 5.74) is 0. The largest absolute Gasteiger partial charge is 0.612 e. The third kappa shape index (κ3) is 1.88. The lowest BCUT2D eigenvalue weighted by Gasteiger charge is -2.08. The highest BCUT2D eigenvalue weighted by molar-refractivity contribution is 7.94. The second-order valence-electron chi connectivity index (χ2n) is 1.89. The lowest BCUT2D eigenvalue weighted by molar-refractivity contribution is 0.606. The van der Waals surface area contributed by atoms with Crippen LogP contribution in [0.1, 0.15) is 6.42 Å². The van der Waals surface area contributed by atoms with Crippen molar-refractivity contribution >= 4 is 11.2 Å². The minimum atomic E-state index is -0.798. The average Bonchev–Trinajstić information content (AvgIpc) is 1.90. The molecule has 0 aromatic rings. The maximum atomic E-state index is 10.8. The average molecular weight is 141 g/mol. The summed E-state index contributed by atoms with van der Waals surface area (Å²) in [4.78, 5) is 0.942. The van der Waals surface area contributed by atoms with Gasteiger partial charge in [0.1, 0.15) is 11.2 Å². The maximum absolute atomic E-state index is 10.8. The second kappa shape index (κ2) is 3.08. The first-order valence-electron chi connectivity index (χ1n) is 2.84. The van der Waals surface area contributed by atoms with Crippen LogP contribution in [0.2, 0.25) is 0 Å². The van der Waals surface area contributed by atoms with E-state index in [-0.39, 0.29) is 0 Å². The topological polar surface area (TPSA) is 23.1 Å². The highest BCUT2D eigenvalue weighted by atomic mass is 32.2. The quantitative estimate of drug-likeness (QED) is 0.506. The van der Waals surface area contributed by atoms with Crippen LogP contribution in [0, 0.1) is 6.42 Å². The molecule has 0 aliphatic heterocycles. The van der Waals surface area contributed by atoms with Crippen LogP contribution in [0.25, 0.3) is 0 Å². The van der Waals surface area contributed by atoms with Crippen molar-refractivity contribution in [1.29, 1.82) is 0 Å². The monoisotopic (exact) mass is 141 g/mol. The molecule has 0 aromatic heterocycles. The van der Waals surface area contributed by atoms with Crippen molar-refractivity contribution in [3.63, 3.8) is 0 Å². The van der Waals surface area contributed by atoms with Gasteiger partial charge in [-0.3, -0.25) is 0 Å². The van der Waals surface area contributed by atoms with Crippen molar-refractivity contribution in [3.05, 3.63) is 29.6 Å². The van der Waals surface area contributed by atoms with E-state index < -0.39 is 11.2 Å². The summed E-state index contributed by atoms with van der Waals surface area (Å²) in [5, 5.41) is 0. The van der Waals surface area contributed by atoms with Gasteiger partial charge in [0.15, 0.2) is 0 Å². The van der Waals surface area contributed by atoms with E-state index in [9.17, 15) is 4.55 Å². The van der Waals surface area contributed by atoms with Crippen LogP contribution in [0.5, 0.6) is 0 Å². The molecule has 0 amide bonds. The molecular weight excluding hydrogens is 132 g/mol. The molecule has 0 fully saturated rings. The first-order valence-corrected chi connectivity index (χ1v) is 4.40. The number of hydrogen-bond acceptors (Lipinski definition) is 1. The van der Waals surface area contributed by atoms with Gasteiger partial charge in [-0.15, -0.1) is 0 Å². The number of hydrogen-bond donors (Lipinski definition) is 0. The minimum Gasteiger partial charge on any atom is -0.612 e. The van der Waals surface area contributed by atoms with Gasteiger partial charge in [0.2, 0.25) is 0 Å². The fourth-order valence-corrected chi connectivity index (χ4v) is 1.31. The van der Waals surface area contributed by atoms with Gasteiger partial charge in [-0.05, 0) is 23.7 Å². The van der Waals surface area contributed by atoms with Crippen LogP contribution in [-0.4, -0.2) is 10.8 Å². The van der Waals surface area contributed by atoms with E-state index in [0.717, 1.165) is 11.3 Å². The van der Waals surface area contributed by atoms with E-state index in [0.29, 0.717) is 0 Å². The standard InChI is InChI=1S/C7H9OS/c1-9(8)7-5-3-2-4-6-7/h2-3,5-6H,4H2,1H3. The first kappa shape index (κ1) is 6.90. The molecule has 0 saturated heterocycles. The summed E-state index contributed by atoms with van der Waals surface area (Å²) in [6.07, 6.45) is 10.5. The molecule has 1 aliphatic carbocycles. The highest BCUT2D eigenvalue weighted by Gasteiger charge is 2.08. The summed E-state index contributed by atoms with van der Waals surface area (Å²) < 4.78 is 10.8. The van der Waals surface area contributed by atoms with E-state index in [4.69, 9.17) is 0 Å². The molecule has 1 rings (SSSR count). The van der Waals surface area contributed by atoms with E-state index in [1.807, 2.05) is 24.6 Å². The Hall–Kier alpha value is -0.210. The smallest absolute Gasteiger partial charge is 0.133 e. The summed E-state index contributed by atoms with van der Waals surface area (Å²) in [6.45, 7) is 0. The van der Waals surface area contributed by atoms with Gasteiger partial charge in [-0.2, -0.15) is 0 Å². The molecule has 0 bridgehead atoms. The molecule has 0 spiro atoms. The van der Waals surface area contributed by atoms with Crippen LogP contribution >= 0.6 is 0 Å². The lowest BCUT2D eigenvalue weighted by Crippen LogP contribution is -2.02. The van der Waals surface area contributed by atoms with Crippen molar-refractivity contribution < 1.29 is 4.55 Å². The molecule has 9 heavy (non-hydrogen) atoms. The SMILES string of the molecule is C[S+]([O-])C1=CC=CC[CH]1. The molecular formula is C7H9OS. The zero-order valence-electron chi connectivity index (χ0n) is 5.33. The van der Waals surface area contributed by atoms with Gasteiger partial charge in [-0.25, -0.2) is 0 Å². The van der Waals surface area contributed by atoms with E-state index in [2.05, 4.69) is 0 Å². The van der Waals surface area contributed by atoms with Gasteiger partial charge in [0.05, 0.1) is 0 Å². The van der Waals surface area contributed by atoms with Crippen LogP contribution in [0.15, 0.2) is 23.1 Å². The van der Waals surface area contributed by atoms with Crippen LogP contribution in [0.4, 0.5) is 0 Å². The van der Waals surface area contributed by atoms with Crippen LogP contribution < -0.4 is 0 Å². The van der Waals surface area contributed by atoms with Gasteiger partial charge >= 0.3 is 0 Å². The highest BCUT2D eigenvalue weighted by Crippen LogP contribution is 2.15. The van der Waals surface area contributed by atoms with Crippen LogP contribution in [-0.2, 0) is 11.2 Å². The molecule has 1 radical (unpaired) electrons. The molecule has 49 valence electrons. The van der Waals surface area contributed by atoms with Gasteiger partial charge in [0.25, 0.3) is 0 Å². The number of allylic oxidation sites excluding steroid dienone is 4. The second-order valence-corrected chi connectivity index (χ2v) is 3.27. The Morgan fingerprint density at radius 1 is 1.67 bits per heavy atom. The fourth-order valence-electron chi connectivity index (χ4n) is 0.707. The molecule has 1 nitrogen and oxygen atoms in total.